The molecule has 0 saturated heterocycles. The third kappa shape index (κ3) is 3.53. The number of rotatable bonds is 6. The van der Waals surface area contributed by atoms with Crippen molar-refractivity contribution in [1.29, 1.82) is 0 Å². The van der Waals surface area contributed by atoms with Gasteiger partial charge in [0.1, 0.15) is 11.5 Å². The van der Waals surface area contributed by atoms with Gasteiger partial charge in [0, 0.05) is 23.6 Å². The van der Waals surface area contributed by atoms with Gasteiger partial charge < -0.3 is 9.73 Å². The van der Waals surface area contributed by atoms with E-state index in [2.05, 4.69) is 15.3 Å². The molecule has 0 aliphatic rings. The van der Waals surface area contributed by atoms with Crippen molar-refractivity contribution in [2.24, 2.45) is 5.11 Å². The van der Waals surface area contributed by atoms with E-state index in [-0.39, 0.29) is 5.91 Å². The van der Waals surface area contributed by atoms with Gasteiger partial charge in [-0.2, -0.15) is 0 Å². The van der Waals surface area contributed by atoms with E-state index >= 15 is 0 Å². The summed E-state index contributed by atoms with van der Waals surface area (Å²) in [6.45, 7) is 6.55. The number of furan rings is 1. The number of nitrogens with zero attached hydrogens (tertiary/aromatic N) is 3. The maximum Gasteiger partial charge on any atom is 0.255 e. The van der Waals surface area contributed by atoms with Crippen LogP contribution in [-0.4, -0.2) is 19.0 Å². The molecule has 0 bridgehead atoms. The second-order valence-electron chi connectivity index (χ2n) is 4.13. The number of carbonyl (C=O) groups is 1. The van der Waals surface area contributed by atoms with Gasteiger partial charge in [-0.15, -0.1) is 0 Å². The van der Waals surface area contributed by atoms with Gasteiger partial charge in [0.15, 0.2) is 0 Å². The van der Waals surface area contributed by atoms with E-state index in [1.807, 2.05) is 13.8 Å². The Morgan fingerprint density at radius 3 is 2.61 bits per heavy atom. The Morgan fingerprint density at radius 1 is 1.33 bits per heavy atom. The molecule has 1 N–H and O–H groups in total. The highest BCUT2D eigenvalue weighted by molar-refractivity contribution is 5.96. The Balaban J connectivity index is 2.43. The second kappa shape index (κ2) is 6.71. The average molecular weight is 250 g/mol. The van der Waals surface area contributed by atoms with E-state index in [1.54, 1.807) is 6.92 Å². The first-order chi connectivity index (χ1) is 8.57. The second-order valence-corrected chi connectivity index (χ2v) is 4.13. The first kappa shape index (κ1) is 14.1. The van der Waals surface area contributed by atoms with Crippen LogP contribution in [0.4, 0.5) is 0 Å². The van der Waals surface area contributed by atoms with E-state index in [0.29, 0.717) is 24.4 Å². The quantitative estimate of drug-likeness (QED) is 0.364. The normalized spacial score (nSPS) is 9.94. The Hall–Kier alpha value is -1.94. The Kier molecular flexibility index (Phi) is 5.27. The molecule has 0 aliphatic heterocycles. The molecule has 1 heterocycles. The number of unbranched alkanes of at least 4 members (excludes halogenated alkanes) is 1. The molecule has 1 rings (SSSR count). The summed E-state index contributed by atoms with van der Waals surface area (Å²) in [7, 11) is 0. The molecule has 0 aliphatic carbocycles. The third-order valence-electron chi connectivity index (χ3n) is 2.82. The van der Waals surface area contributed by atoms with Crippen molar-refractivity contribution in [3.05, 3.63) is 33.1 Å². The smallest absolute Gasteiger partial charge is 0.255 e. The molecule has 0 fully saturated rings. The summed E-state index contributed by atoms with van der Waals surface area (Å²) in [5, 5.41) is 6.27. The molecule has 98 valence electrons. The van der Waals surface area contributed by atoms with Gasteiger partial charge in [0.25, 0.3) is 5.91 Å². The lowest BCUT2D eigenvalue weighted by molar-refractivity contribution is 0.0951. The zero-order valence-corrected chi connectivity index (χ0v) is 11.0. The van der Waals surface area contributed by atoms with Gasteiger partial charge in [-0.3, -0.25) is 4.79 Å². The van der Waals surface area contributed by atoms with Gasteiger partial charge in [-0.05, 0) is 39.1 Å². The van der Waals surface area contributed by atoms with Crippen LogP contribution in [0.1, 0.15) is 40.3 Å². The first-order valence-electron chi connectivity index (χ1n) is 5.93. The Labute approximate surface area is 106 Å². The van der Waals surface area contributed by atoms with Crippen LogP contribution in [0.5, 0.6) is 0 Å². The van der Waals surface area contributed by atoms with Crippen molar-refractivity contribution >= 4 is 5.91 Å². The summed E-state index contributed by atoms with van der Waals surface area (Å²) >= 11 is 0. The lowest BCUT2D eigenvalue weighted by Crippen LogP contribution is -2.25. The largest absolute Gasteiger partial charge is 0.466 e. The van der Waals surface area contributed by atoms with E-state index in [4.69, 9.17) is 9.95 Å². The van der Waals surface area contributed by atoms with Crippen LogP contribution in [0.3, 0.4) is 0 Å². The molecular formula is C12H18N4O2. The summed E-state index contributed by atoms with van der Waals surface area (Å²) in [6, 6.07) is 0. The van der Waals surface area contributed by atoms with Crippen molar-refractivity contribution in [3.63, 3.8) is 0 Å². The summed E-state index contributed by atoms with van der Waals surface area (Å²) in [6.07, 6.45) is 1.56. The summed E-state index contributed by atoms with van der Waals surface area (Å²) in [4.78, 5) is 14.6. The average Bonchev–Trinajstić information content (AvgIpc) is 2.58. The zero-order valence-electron chi connectivity index (χ0n) is 11.0. The number of hydrogen-bond donors (Lipinski definition) is 1. The number of carbonyl (C=O) groups excluding carboxylic acids is 1. The minimum Gasteiger partial charge on any atom is -0.466 e. The molecule has 0 unspecified atom stereocenters. The lowest BCUT2D eigenvalue weighted by Gasteiger charge is -2.04. The van der Waals surface area contributed by atoms with Gasteiger partial charge in [-0.1, -0.05) is 5.11 Å². The number of azide groups is 1. The Bertz CT molecular complexity index is 473. The zero-order chi connectivity index (χ0) is 13.5. The van der Waals surface area contributed by atoms with Crippen molar-refractivity contribution < 1.29 is 9.21 Å². The van der Waals surface area contributed by atoms with Gasteiger partial charge >= 0.3 is 0 Å². The summed E-state index contributed by atoms with van der Waals surface area (Å²) in [5.41, 5.74) is 9.62. The molecule has 0 atom stereocenters. The highest BCUT2D eigenvalue weighted by Crippen LogP contribution is 2.20. The van der Waals surface area contributed by atoms with Crippen LogP contribution in [0, 0.1) is 20.8 Å². The SMILES string of the molecule is Cc1oc(C)c(C(=O)NCCCCN=[N+]=[N-])c1C. The monoisotopic (exact) mass is 250 g/mol. The number of aryl methyl sites for hydroxylation is 2. The maximum absolute atomic E-state index is 11.9. The minimum absolute atomic E-state index is 0.106. The van der Waals surface area contributed by atoms with Crippen molar-refractivity contribution in [2.75, 3.05) is 13.1 Å². The fraction of sp³-hybridized carbons (Fsp3) is 0.583. The number of amides is 1. The van der Waals surface area contributed by atoms with Crippen LogP contribution in [-0.2, 0) is 0 Å². The predicted octanol–water partition coefficient (Wildman–Crippen LogP) is 3.03. The van der Waals surface area contributed by atoms with Gasteiger partial charge in [0.2, 0.25) is 0 Å². The van der Waals surface area contributed by atoms with Crippen LogP contribution in [0.25, 0.3) is 10.4 Å². The van der Waals surface area contributed by atoms with Gasteiger partial charge in [-0.25, -0.2) is 0 Å². The molecule has 6 heteroatoms. The predicted molar refractivity (Wildman–Crippen MR) is 68.5 cm³/mol. The lowest BCUT2D eigenvalue weighted by atomic mass is 10.1. The van der Waals surface area contributed by atoms with E-state index in [9.17, 15) is 4.79 Å². The molecule has 1 amide bonds. The van der Waals surface area contributed by atoms with Crippen LogP contribution in [0.15, 0.2) is 9.53 Å². The summed E-state index contributed by atoms with van der Waals surface area (Å²) in [5.74, 6) is 1.32. The minimum atomic E-state index is -0.106. The first-order valence-corrected chi connectivity index (χ1v) is 5.93. The van der Waals surface area contributed by atoms with E-state index < -0.39 is 0 Å². The van der Waals surface area contributed by atoms with Crippen LogP contribution < -0.4 is 5.32 Å². The van der Waals surface area contributed by atoms with Crippen molar-refractivity contribution in [3.8, 4) is 0 Å². The van der Waals surface area contributed by atoms with Crippen LogP contribution >= 0.6 is 0 Å². The molecule has 18 heavy (non-hydrogen) atoms. The molecule has 1 aromatic rings. The Morgan fingerprint density at radius 2 is 2.06 bits per heavy atom. The topological polar surface area (TPSA) is 91.0 Å². The molecule has 0 saturated carbocycles. The highest BCUT2D eigenvalue weighted by Gasteiger charge is 2.17. The number of hydrogen-bond acceptors (Lipinski definition) is 3. The number of nitrogens with one attached hydrogen (secondary N) is 1. The van der Waals surface area contributed by atoms with Gasteiger partial charge in [0.05, 0.1) is 5.56 Å². The molecular weight excluding hydrogens is 232 g/mol. The van der Waals surface area contributed by atoms with Crippen molar-refractivity contribution in [2.45, 2.75) is 33.6 Å². The highest BCUT2D eigenvalue weighted by atomic mass is 16.3. The maximum atomic E-state index is 11.9. The van der Waals surface area contributed by atoms with Crippen molar-refractivity contribution in [1.82, 2.24) is 5.32 Å². The molecule has 0 radical (unpaired) electrons. The van der Waals surface area contributed by atoms with Crippen LogP contribution in [0.2, 0.25) is 0 Å². The standard InChI is InChI=1S/C12H18N4O2/c1-8-9(2)18-10(3)11(8)12(17)14-6-4-5-7-15-16-13/h4-7H2,1-3H3,(H,14,17). The summed E-state index contributed by atoms with van der Waals surface area (Å²) < 4.78 is 5.41. The fourth-order valence-corrected chi connectivity index (χ4v) is 1.77. The molecule has 6 nitrogen and oxygen atoms in total. The van der Waals surface area contributed by atoms with E-state index in [0.717, 1.165) is 24.2 Å². The fourth-order valence-electron chi connectivity index (χ4n) is 1.77. The molecule has 0 aromatic carbocycles. The molecule has 1 aromatic heterocycles. The third-order valence-corrected chi connectivity index (χ3v) is 2.82. The molecule has 0 spiro atoms. The van der Waals surface area contributed by atoms with E-state index in [1.165, 1.54) is 0 Å².